The molecule has 0 radical (unpaired) electrons. The first kappa shape index (κ1) is 19.1. The van der Waals surface area contributed by atoms with E-state index in [1.165, 1.54) is 13.0 Å². The molecule has 2 atom stereocenters. The number of benzene rings is 2. The van der Waals surface area contributed by atoms with Gasteiger partial charge in [0.15, 0.2) is 0 Å². The molecule has 1 aliphatic rings. The molecular formula is C20H18O6Se. The van der Waals surface area contributed by atoms with Crippen molar-refractivity contribution in [2.75, 3.05) is 6.61 Å². The molecule has 0 fully saturated rings. The van der Waals surface area contributed by atoms with Crippen molar-refractivity contribution in [3.63, 3.8) is 0 Å². The zero-order valence-corrected chi connectivity index (χ0v) is 16.7. The summed E-state index contributed by atoms with van der Waals surface area (Å²) in [6, 6.07) is 13.5. The van der Waals surface area contributed by atoms with Gasteiger partial charge >= 0.3 is 164 Å². The van der Waals surface area contributed by atoms with Crippen molar-refractivity contribution in [2.24, 2.45) is 0 Å². The quantitative estimate of drug-likeness (QED) is 0.318. The van der Waals surface area contributed by atoms with Crippen LogP contribution in [0, 0.1) is 0 Å². The number of ether oxygens (including phenoxy) is 3. The van der Waals surface area contributed by atoms with E-state index in [0.29, 0.717) is 11.1 Å². The summed E-state index contributed by atoms with van der Waals surface area (Å²) in [4.78, 5) is 36.6. The molecule has 3 rings (SSSR count). The number of carbonyl (C=O) groups is 3. The first-order valence-corrected chi connectivity index (χ1v) is 9.45. The van der Waals surface area contributed by atoms with Gasteiger partial charge < -0.3 is 0 Å². The van der Waals surface area contributed by atoms with Crippen LogP contribution in [0.15, 0.2) is 48.5 Å². The van der Waals surface area contributed by atoms with Crippen LogP contribution in [0.25, 0.3) is 0 Å². The van der Waals surface area contributed by atoms with Gasteiger partial charge in [-0.25, -0.2) is 0 Å². The number of carbonyl (C=O) groups excluding carboxylic acids is 3. The second-order valence-electron chi connectivity index (χ2n) is 5.98. The maximum absolute atomic E-state index is 13.1. The summed E-state index contributed by atoms with van der Waals surface area (Å²) < 4.78 is 15.8. The van der Waals surface area contributed by atoms with Gasteiger partial charge in [0.2, 0.25) is 0 Å². The molecule has 7 heteroatoms. The standard InChI is InChI=1S/C20H18O6Se/c1-3-24-18(22)20(13-7-5-4-6-8-13)17(27)15-10-9-14(25-12(2)21)11-16(15)26-19(20)23/h4-11,17,27H,3H2,1-2H3. The fourth-order valence-corrected chi connectivity index (χ4v) is 4.32. The first-order chi connectivity index (χ1) is 12.9. The van der Waals surface area contributed by atoms with E-state index < -0.39 is 28.1 Å². The summed E-state index contributed by atoms with van der Waals surface area (Å²) in [7, 11) is 0. The average Bonchev–Trinajstić information content (AvgIpc) is 2.62. The number of rotatable bonds is 4. The molecule has 140 valence electrons. The Morgan fingerprint density at radius 2 is 1.89 bits per heavy atom. The van der Waals surface area contributed by atoms with E-state index in [1.54, 1.807) is 49.4 Å². The fourth-order valence-electron chi connectivity index (χ4n) is 3.12. The molecule has 0 N–H and O–H groups in total. The molecule has 1 aliphatic heterocycles. The molecular weight excluding hydrogens is 415 g/mol. The predicted molar refractivity (Wildman–Crippen MR) is 98.0 cm³/mol. The predicted octanol–water partition coefficient (Wildman–Crippen LogP) is 1.97. The molecule has 2 unspecified atom stereocenters. The Bertz CT molecular complexity index is 895. The minimum atomic E-state index is -1.63. The third-order valence-electron chi connectivity index (χ3n) is 4.30. The summed E-state index contributed by atoms with van der Waals surface area (Å²) in [6.07, 6.45) is 0. The fraction of sp³-hybridized carbons (Fsp3) is 0.250. The molecule has 0 saturated carbocycles. The van der Waals surface area contributed by atoms with Crippen molar-refractivity contribution >= 4 is 33.9 Å². The van der Waals surface area contributed by atoms with E-state index in [2.05, 4.69) is 16.0 Å². The van der Waals surface area contributed by atoms with E-state index in [4.69, 9.17) is 14.2 Å². The monoisotopic (exact) mass is 434 g/mol. The van der Waals surface area contributed by atoms with Gasteiger partial charge in [0.25, 0.3) is 0 Å². The van der Waals surface area contributed by atoms with Crippen LogP contribution in [-0.4, -0.2) is 40.5 Å². The van der Waals surface area contributed by atoms with Crippen LogP contribution in [-0.2, 0) is 24.5 Å². The van der Waals surface area contributed by atoms with E-state index in [9.17, 15) is 14.4 Å². The molecule has 6 nitrogen and oxygen atoms in total. The molecule has 1 heterocycles. The van der Waals surface area contributed by atoms with Gasteiger partial charge in [0.05, 0.1) is 0 Å². The second-order valence-corrected chi connectivity index (χ2v) is 7.06. The molecule has 27 heavy (non-hydrogen) atoms. The molecule has 2 aromatic rings. The van der Waals surface area contributed by atoms with Crippen molar-refractivity contribution in [2.45, 2.75) is 24.1 Å². The minimum absolute atomic E-state index is 0.138. The molecule has 0 bridgehead atoms. The Hall–Kier alpha value is -2.63. The van der Waals surface area contributed by atoms with Gasteiger partial charge in [-0.2, -0.15) is 0 Å². The van der Waals surface area contributed by atoms with Gasteiger partial charge in [0, 0.05) is 0 Å². The maximum atomic E-state index is 13.1. The van der Waals surface area contributed by atoms with E-state index in [-0.39, 0.29) is 18.1 Å². The summed E-state index contributed by atoms with van der Waals surface area (Å²) in [5.41, 5.74) is -0.510. The van der Waals surface area contributed by atoms with Crippen molar-refractivity contribution < 1.29 is 28.6 Å². The topological polar surface area (TPSA) is 78.9 Å². The normalized spacial score (nSPS) is 21.0. The summed E-state index contributed by atoms with van der Waals surface area (Å²) in [6.45, 7) is 3.11. The third-order valence-corrected chi connectivity index (χ3v) is 5.70. The summed E-state index contributed by atoms with van der Waals surface area (Å²) in [5.74, 6) is -1.37. The van der Waals surface area contributed by atoms with Gasteiger partial charge in [0.1, 0.15) is 0 Å². The van der Waals surface area contributed by atoms with Crippen molar-refractivity contribution in [1.29, 1.82) is 0 Å². The van der Waals surface area contributed by atoms with Crippen LogP contribution >= 0.6 is 0 Å². The van der Waals surface area contributed by atoms with Gasteiger partial charge in [-0.15, -0.1) is 0 Å². The Balaban J connectivity index is 2.15. The van der Waals surface area contributed by atoms with Crippen LogP contribution in [0.2, 0.25) is 0 Å². The summed E-state index contributed by atoms with van der Waals surface area (Å²) in [5, 5.41) is 0. The Morgan fingerprint density at radius 1 is 1.19 bits per heavy atom. The SMILES string of the molecule is CCOC(=O)C1(c2ccccc2)C(=O)Oc2cc(OC(C)=O)ccc2C1[SeH]. The van der Waals surface area contributed by atoms with Crippen molar-refractivity contribution in [1.82, 2.24) is 0 Å². The van der Waals surface area contributed by atoms with E-state index in [1.807, 2.05) is 0 Å². The number of hydrogen-bond acceptors (Lipinski definition) is 6. The van der Waals surface area contributed by atoms with Gasteiger partial charge in [-0.05, 0) is 0 Å². The molecule has 0 aromatic heterocycles. The van der Waals surface area contributed by atoms with E-state index in [0.717, 1.165) is 0 Å². The van der Waals surface area contributed by atoms with Crippen LogP contribution in [0.4, 0.5) is 0 Å². The number of hydrogen-bond donors (Lipinski definition) is 0. The zero-order chi connectivity index (χ0) is 19.6. The number of fused-ring (bicyclic) bond motifs is 1. The van der Waals surface area contributed by atoms with Crippen LogP contribution in [0.1, 0.15) is 29.8 Å². The van der Waals surface area contributed by atoms with Gasteiger partial charge in [-0.3, -0.25) is 0 Å². The Labute approximate surface area is 164 Å². The van der Waals surface area contributed by atoms with E-state index >= 15 is 0 Å². The molecule has 0 spiro atoms. The van der Waals surface area contributed by atoms with Crippen molar-refractivity contribution in [3.8, 4) is 11.5 Å². The van der Waals surface area contributed by atoms with Crippen molar-refractivity contribution in [3.05, 3.63) is 59.7 Å². The Kier molecular flexibility index (Phi) is 5.35. The zero-order valence-electron chi connectivity index (χ0n) is 14.8. The van der Waals surface area contributed by atoms with Crippen LogP contribution in [0.3, 0.4) is 0 Å². The Morgan fingerprint density at radius 3 is 2.52 bits per heavy atom. The molecule has 0 aliphatic carbocycles. The van der Waals surface area contributed by atoms with Gasteiger partial charge in [-0.1, -0.05) is 0 Å². The molecule has 0 amide bonds. The summed E-state index contributed by atoms with van der Waals surface area (Å²) >= 11 is 2.37. The van der Waals surface area contributed by atoms with Crippen LogP contribution in [0.5, 0.6) is 11.5 Å². The molecule has 2 aromatic carbocycles. The third kappa shape index (κ3) is 3.24. The number of esters is 3. The first-order valence-electron chi connectivity index (χ1n) is 8.36. The second kappa shape index (κ2) is 7.54. The molecule has 0 saturated heterocycles. The average molecular weight is 433 g/mol. The van der Waals surface area contributed by atoms with Crippen LogP contribution < -0.4 is 9.47 Å².